The van der Waals surface area contributed by atoms with Crippen molar-refractivity contribution in [2.24, 2.45) is 0 Å². The summed E-state index contributed by atoms with van der Waals surface area (Å²) in [5.41, 5.74) is 2.21. The van der Waals surface area contributed by atoms with Crippen molar-refractivity contribution in [2.45, 2.75) is 25.0 Å². The average Bonchev–Trinajstić information content (AvgIpc) is 3.28. The van der Waals surface area contributed by atoms with Crippen LogP contribution in [0.2, 0.25) is 5.02 Å². The van der Waals surface area contributed by atoms with Crippen LogP contribution in [0, 0.1) is 0 Å². The Hall–Kier alpha value is -1.69. The SMILES string of the molecule is Clc1ccc2nc(N3CC4CC3CN4Cc3ccccn3)sc2c1. The Morgan fingerprint density at radius 1 is 1.17 bits per heavy atom. The first-order valence-electron chi connectivity index (χ1n) is 8.23. The number of pyridine rings is 1. The third kappa shape index (κ3) is 2.48. The minimum absolute atomic E-state index is 0.565. The topological polar surface area (TPSA) is 32.3 Å². The lowest BCUT2D eigenvalue weighted by molar-refractivity contribution is 0.228. The predicted molar refractivity (Wildman–Crippen MR) is 98.8 cm³/mol. The highest BCUT2D eigenvalue weighted by Gasteiger charge is 2.44. The zero-order valence-electron chi connectivity index (χ0n) is 13.1. The summed E-state index contributed by atoms with van der Waals surface area (Å²) in [6.45, 7) is 3.11. The first-order chi connectivity index (χ1) is 11.8. The molecule has 5 rings (SSSR count). The molecular weight excluding hydrogens is 340 g/mol. The predicted octanol–water partition coefficient (Wildman–Crippen LogP) is 3.81. The Labute approximate surface area is 149 Å². The molecule has 0 amide bonds. The minimum atomic E-state index is 0.565. The van der Waals surface area contributed by atoms with Gasteiger partial charge in [0.15, 0.2) is 5.13 Å². The van der Waals surface area contributed by atoms with Crippen molar-refractivity contribution >= 4 is 38.3 Å². The summed E-state index contributed by atoms with van der Waals surface area (Å²) in [4.78, 5) is 14.3. The summed E-state index contributed by atoms with van der Waals surface area (Å²) in [6.07, 6.45) is 3.10. The van der Waals surface area contributed by atoms with E-state index in [1.165, 1.54) is 11.1 Å². The van der Waals surface area contributed by atoms with Crippen LogP contribution in [-0.2, 0) is 6.54 Å². The van der Waals surface area contributed by atoms with Crippen LogP contribution < -0.4 is 4.90 Å². The van der Waals surface area contributed by atoms with Crippen LogP contribution in [-0.4, -0.2) is 40.0 Å². The maximum absolute atomic E-state index is 6.10. The van der Waals surface area contributed by atoms with Crippen LogP contribution in [0.4, 0.5) is 5.13 Å². The summed E-state index contributed by atoms with van der Waals surface area (Å²) >= 11 is 7.85. The van der Waals surface area contributed by atoms with E-state index in [0.717, 1.165) is 41.0 Å². The summed E-state index contributed by atoms with van der Waals surface area (Å²) in [5, 5.41) is 1.92. The van der Waals surface area contributed by atoms with Gasteiger partial charge < -0.3 is 4.90 Å². The molecule has 4 heterocycles. The van der Waals surface area contributed by atoms with Gasteiger partial charge in [-0.25, -0.2) is 4.98 Å². The number of benzene rings is 1. The van der Waals surface area contributed by atoms with Crippen molar-refractivity contribution in [3.63, 3.8) is 0 Å². The Bertz CT molecular complexity index is 881. The molecular formula is C18H17ClN4S. The van der Waals surface area contributed by atoms with Gasteiger partial charge in [-0.2, -0.15) is 0 Å². The Kier molecular flexibility index (Phi) is 3.47. The van der Waals surface area contributed by atoms with E-state index in [2.05, 4.69) is 26.9 Å². The van der Waals surface area contributed by atoms with Gasteiger partial charge in [-0.15, -0.1) is 0 Å². The maximum atomic E-state index is 6.10. The molecule has 122 valence electrons. The zero-order valence-corrected chi connectivity index (χ0v) is 14.7. The molecule has 0 aliphatic carbocycles. The molecule has 6 heteroatoms. The van der Waals surface area contributed by atoms with E-state index in [4.69, 9.17) is 16.6 Å². The molecule has 0 spiro atoms. The monoisotopic (exact) mass is 356 g/mol. The van der Waals surface area contributed by atoms with Gasteiger partial charge in [-0.1, -0.05) is 29.0 Å². The molecule has 2 fully saturated rings. The quantitative estimate of drug-likeness (QED) is 0.714. The zero-order chi connectivity index (χ0) is 16.1. The van der Waals surface area contributed by atoms with Crippen LogP contribution in [0.3, 0.4) is 0 Å². The van der Waals surface area contributed by atoms with E-state index in [1.807, 2.05) is 30.5 Å². The van der Waals surface area contributed by atoms with Crippen LogP contribution in [0.1, 0.15) is 12.1 Å². The molecule has 0 radical (unpaired) electrons. The lowest BCUT2D eigenvalue weighted by Gasteiger charge is -2.33. The highest BCUT2D eigenvalue weighted by Crippen LogP contribution is 2.39. The maximum Gasteiger partial charge on any atom is 0.186 e. The second-order valence-electron chi connectivity index (χ2n) is 6.55. The number of hydrogen-bond acceptors (Lipinski definition) is 5. The van der Waals surface area contributed by atoms with Crippen molar-refractivity contribution in [2.75, 3.05) is 18.0 Å². The Balaban J connectivity index is 1.34. The molecule has 0 N–H and O–H groups in total. The molecule has 24 heavy (non-hydrogen) atoms. The fourth-order valence-corrected chi connectivity index (χ4v) is 5.21. The molecule has 3 aromatic rings. The second-order valence-corrected chi connectivity index (χ2v) is 8.00. The highest BCUT2D eigenvalue weighted by molar-refractivity contribution is 7.22. The minimum Gasteiger partial charge on any atom is -0.342 e. The van der Waals surface area contributed by atoms with Crippen molar-refractivity contribution in [1.82, 2.24) is 14.9 Å². The van der Waals surface area contributed by atoms with Gasteiger partial charge in [-0.05, 0) is 36.8 Å². The first-order valence-corrected chi connectivity index (χ1v) is 9.42. The summed E-state index contributed by atoms with van der Waals surface area (Å²) < 4.78 is 1.17. The molecule has 2 saturated heterocycles. The largest absolute Gasteiger partial charge is 0.342 e. The number of nitrogens with zero attached hydrogens (tertiary/aromatic N) is 4. The summed E-state index contributed by atoms with van der Waals surface area (Å²) in [5.74, 6) is 0. The highest BCUT2D eigenvalue weighted by atomic mass is 35.5. The van der Waals surface area contributed by atoms with E-state index in [0.29, 0.717) is 12.1 Å². The van der Waals surface area contributed by atoms with E-state index in [9.17, 15) is 0 Å². The number of piperazine rings is 1. The fourth-order valence-electron chi connectivity index (χ4n) is 3.89. The van der Waals surface area contributed by atoms with Gasteiger partial charge in [0.25, 0.3) is 0 Å². The number of thiazole rings is 1. The number of fused-ring (bicyclic) bond motifs is 3. The number of rotatable bonds is 3. The number of halogens is 1. The molecule has 2 aliphatic rings. The molecule has 4 nitrogen and oxygen atoms in total. The van der Waals surface area contributed by atoms with Crippen molar-refractivity contribution in [1.29, 1.82) is 0 Å². The molecule has 2 unspecified atom stereocenters. The summed E-state index contributed by atoms with van der Waals surface area (Å²) in [7, 11) is 0. The Morgan fingerprint density at radius 3 is 2.92 bits per heavy atom. The van der Waals surface area contributed by atoms with E-state index in [-0.39, 0.29) is 0 Å². The van der Waals surface area contributed by atoms with Gasteiger partial charge >= 0.3 is 0 Å². The number of aromatic nitrogens is 2. The van der Waals surface area contributed by atoms with Crippen LogP contribution in [0.25, 0.3) is 10.2 Å². The standard InChI is InChI=1S/C18H17ClN4S/c19-12-4-5-16-17(7-12)24-18(21-16)23-11-14-8-15(23)10-22(14)9-13-3-1-2-6-20-13/h1-7,14-15H,8-11H2. The molecule has 0 saturated carbocycles. The summed E-state index contributed by atoms with van der Waals surface area (Å²) in [6, 6.07) is 13.3. The third-order valence-electron chi connectivity index (χ3n) is 5.03. The van der Waals surface area contributed by atoms with E-state index < -0.39 is 0 Å². The Morgan fingerprint density at radius 2 is 2.12 bits per heavy atom. The van der Waals surface area contributed by atoms with Gasteiger partial charge in [0.2, 0.25) is 0 Å². The number of anilines is 1. The van der Waals surface area contributed by atoms with E-state index in [1.54, 1.807) is 11.3 Å². The lowest BCUT2D eigenvalue weighted by Crippen LogP contribution is -2.46. The third-order valence-corrected chi connectivity index (χ3v) is 6.32. The fraction of sp³-hybridized carbons (Fsp3) is 0.333. The lowest BCUT2D eigenvalue weighted by atomic mass is 10.2. The number of likely N-dealkylation sites (tertiary alicyclic amines) is 1. The average molecular weight is 357 g/mol. The molecule has 1 aromatic carbocycles. The van der Waals surface area contributed by atoms with Gasteiger partial charge in [-0.3, -0.25) is 9.88 Å². The number of hydrogen-bond donors (Lipinski definition) is 0. The first kappa shape index (κ1) is 14.6. The van der Waals surface area contributed by atoms with Crippen LogP contribution >= 0.6 is 22.9 Å². The van der Waals surface area contributed by atoms with Crippen LogP contribution in [0.15, 0.2) is 42.6 Å². The van der Waals surface area contributed by atoms with Crippen molar-refractivity contribution in [3.8, 4) is 0 Å². The van der Waals surface area contributed by atoms with Crippen LogP contribution in [0.5, 0.6) is 0 Å². The normalized spacial score (nSPS) is 23.5. The van der Waals surface area contributed by atoms with Gasteiger partial charge in [0.05, 0.1) is 15.9 Å². The molecule has 2 atom stereocenters. The van der Waals surface area contributed by atoms with Gasteiger partial charge in [0.1, 0.15) is 0 Å². The van der Waals surface area contributed by atoms with Crippen molar-refractivity contribution in [3.05, 3.63) is 53.3 Å². The molecule has 2 bridgehead atoms. The smallest absolute Gasteiger partial charge is 0.186 e. The van der Waals surface area contributed by atoms with Gasteiger partial charge in [0, 0.05) is 42.9 Å². The second kappa shape index (κ2) is 5.69. The van der Waals surface area contributed by atoms with E-state index >= 15 is 0 Å². The van der Waals surface area contributed by atoms with Crippen molar-refractivity contribution < 1.29 is 0 Å². The molecule has 2 aliphatic heterocycles. The molecule has 2 aromatic heterocycles.